The molecule has 1 aromatic carbocycles. The molecule has 2 N–H and O–H groups in total. The number of rotatable bonds is 4. The summed E-state index contributed by atoms with van der Waals surface area (Å²) in [5.41, 5.74) is 2.36. The molecule has 1 heterocycles. The van der Waals surface area contributed by atoms with E-state index in [4.69, 9.17) is 0 Å². The van der Waals surface area contributed by atoms with Crippen LogP contribution in [0.3, 0.4) is 0 Å². The van der Waals surface area contributed by atoms with Gasteiger partial charge in [-0.1, -0.05) is 12.1 Å². The summed E-state index contributed by atoms with van der Waals surface area (Å²) in [6, 6.07) is 7.67. The van der Waals surface area contributed by atoms with Crippen molar-refractivity contribution >= 4 is 11.6 Å². The van der Waals surface area contributed by atoms with Gasteiger partial charge in [-0.15, -0.1) is 0 Å². The van der Waals surface area contributed by atoms with Gasteiger partial charge in [0.25, 0.3) is 5.91 Å². The average molecular weight is 242 g/mol. The standard InChI is InChI=1S/C13H14N4O/c1-14-6-10-2-4-12(5-3-10)17-13(18)11-7-15-9-16-8-11/h2-5,7-9,14H,6H2,1H3,(H,17,18). The van der Waals surface area contributed by atoms with Gasteiger partial charge in [0.2, 0.25) is 0 Å². The average Bonchev–Trinajstić information content (AvgIpc) is 2.42. The molecule has 0 fully saturated rings. The van der Waals surface area contributed by atoms with Crippen LogP contribution in [0, 0.1) is 0 Å². The van der Waals surface area contributed by atoms with E-state index in [1.165, 1.54) is 24.3 Å². The minimum absolute atomic E-state index is 0.211. The Morgan fingerprint density at radius 2 is 1.83 bits per heavy atom. The minimum atomic E-state index is -0.211. The Labute approximate surface area is 105 Å². The van der Waals surface area contributed by atoms with E-state index in [0.29, 0.717) is 5.56 Å². The molecule has 92 valence electrons. The molecule has 0 saturated heterocycles. The van der Waals surface area contributed by atoms with Crippen LogP contribution < -0.4 is 10.6 Å². The maximum Gasteiger partial charge on any atom is 0.258 e. The second kappa shape index (κ2) is 5.88. The highest BCUT2D eigenvalue weighted by Crippen LogP contribution is 2.10. The van der Waals surface area contributed by atoms with E-state index in [2.05, 4.69) is 20.6 Å². The summed E-state index contributed by atoms with van der Waals surface area (Å²) >= 11 is 0. The van der Waals surface area contributed by atoms with Gasteiger partial charge in [-0.3, -0.25) is 4.79 Å². The molecule has 0 saturated carbocycles. The summed E-state index contributed by atoms with van der Waals surface area (Å²) in [5, 5.41) is 5.85. The molecule has 5 heteroatoms. The molecule has 18 heavy (non-hydrogen) atoms. The van der Waals surface area contributed by atoms with Crippen molar-refractivity contribution in [2.45, 2.75) is 6.54 Å². The smallest absolute Gasteiger partial charge is 0.258 e. The van der Waals surface area contributed by atoms with Crippen molar-refractivity contribution in [3.63, 3.8) is 0 Å². The highest BCUT2D eigenvalue weighted by atomic mass is 16.1. The van der Waals surface area contributed by atoms with Crippen LogP contribution in [0.25, 0.3) is 0 Å². The van der Waals surface area contributed by atoms with Gasteiger partial charge < -0.3 is 10.6 Å². The third kappa shape index (κ3) is 3.11. The molecular weight excluding hydrogens is 228 g/mol. The lowest BCUT2D eigenvalue weighted by atomic mass is 10.2. The minimum Gasteiger partial charge on any atom is -0.322 e. The van der Waals surface area contributed by atoms with E-state index in [-0.39, 0.29) is 5.91 Å². The van der Waals surface area contributed by atoms with E-state index in [1.54, 1.807) is 0 Å². The number of hydrogen-bond acceptors (Lipinski definition) is 4. The van der Waals surface area contributed by atoms with Gasteiger partial charge in [0.05, 0.1) is 5.56 Å². The molecule has 2 aromatic rings. The molecule has 0 atom stereocenters. The van der Waals surface area contributed by atoms with Crippen molar-refractivity contribution in [2.75, 3.05) is 12.4 Å². The van der Waals surface area contributed by atoms with Crippen LogP contribution >= 0.6 is 0 Å². The zero-order valence-electron chi connectivity index (χ0n) is 10.1. The SMILES string of the molecule is CNCc1ccc(NC(=O)c2cncnc2)cc1. The van der Waals surface area contributed by atoms with Gasteiger partial charge >= 0.3 is 0 Å². The van der Waals surface area contributed by atoms with Gasteiger partial charge in [-0.05, 0) is 24.7 Å². The van der Waals surface area contributed by atoms with Gasteiger partial charge in [0.15, 0.2) is 0 Å². The lowest BCUT2D eigenvalue weighted by molar-refractivity contribution is 0.102. The monoisotopic (exact) mass is 242 g/mol. The molecule has 5 nitrogen and oxygen atoms in total. The largest absolute Gasteiger partial charge is 0.322 e. The molecule has 0 unspecified atom stereocenters. The molecule has 0 spiro atoms. The summed E-state index contributed by atoms with van der Waals surface area (Å²) in [4.78, 5) is 19.4. The van der Waals surface area contributed by atoms with Crippen LogP contribution in [0.5, 0.6) is 0 Å². The quantitative estimate of drug-likeness (QED) is 0.851. The Hall–Kier alpha value is -2.27. The van der Waals surface area contributed by atoms with Gasteiger partial charge in [0.1, 0.15) is 6.33 Å². The van der Waals surface area contributed by atoms with Crippen LogP contribution in [0.2, 0.25) is 0 Å². The highest BCUT2D eigenvalue weighted by molar-refractivity contribution is 6.03. The predicted molar refractivity (Wildman–Crippen MR) is 69.2 cm³/mol. The highest BCUT2D eigenvalue weighted by Gasteiger charge is 2.05. The molecule has 0 aliphatic carbocycles. The predicted octanol–water partition coefficient (Wildman–Crippen LogP) is 1.45. The fourth-order valence-corrected chi connectivity index (χ4v) is 1.53. The molecule has 2 rings (SSSR count). The summed E-state index contributed by atoms with van der Waals surface area (Å²) in [6.45, 7) is 0.806. The zero-order valence-corrected chi connectivity index (χ0v) is 10.1. The lowest BCUT2D eigenvalue weighted by Gasteiger charge is -2.06. The van der Waals surface area contributed by atoms with Crippen LogP contribution in [0.1, 0.15) is 15.9 Å². The normalized spacial score (nSPS) is 10.1. The van der Waals surface area contributed by atoms with E-state index in [1.807, 2.05) is 31.3 Å². The van der Waals surface area contributed by atoms with Gasteiger partial charge in [-0.2, -0.15) is 0 Å². The topological polar surface area (TPSA) is 66.9 Å². The van der Waals surface area contributed by atoms with E-state index < -0.39 is 0 Å². The molecule has 1 amide bonds. The molecule has 0 aliphatic heterocycles. The van der Waals surface area contributed by atoms with Crippen molar-refractivity contribution in [1.29, 1.82) is 0 Å². The Balaban J connectivity index is 2.03. The van der Waals surface area contributed by atoms with E-state index >= 15 is 0 Å². The second-order valence-electron chi connectivity index (χ2n) is 3.81. The lowest BCUT2D eigenvalue weighted by Crippen LogP contribution is -2.12. The molecule has 0 radical (unpaired) electrons. The number of hydrogen-bond donors (Lipinski definition) is 2. The third-order valence-electron chi connectivity index (χ3n) is 2.42. The molecule has 0 aliphatic rings. The van der Waals surface area contributed by atoms with Crippen LogP contribution in [-0.4, -0.2) is 22.9 Å². The van der Waals surface area contributed by atoms with Crippen LogP contribution in [-0.2, 0) is 6.54 Å². The van der Waals surface area contributed by atoms with Crippen molar-refractivity contribution in [3.05, 3.63) is 54.1 Å². The molecular formula is C13H14N4O. The third-order valence-corrected chi connectivity index (χ3v) is 2.42. The van der Waals surface area contributed by atoms with E-state index in [0.717, 1.165) is 12.2 Å². The number of anilines is 1. The fraction of sp³-hybridized carbons (Fsp3) is 0.154. The summed E-state index contributed by atoms with van der Waals surface area (Å²) in [6.07, 6.45) is 4.36. The Bertz CT molecular complexity index is 510. The number of benzene rings is 1. The van der Waals surface area contributed by atoms with Crippen molar-refractivity contribution in [3.8, 4) is 0 Å². The first-order valence-electron chi connectivity index (χ1n) is 5.59. The summed E-state index contributed by atoms with van der Waals surface area (Å²) < 4.78 is 0. The first-order valence-corrected chi connectivity index (χ1v) is 5.59. The zero-order chi connectivity index (χ0) is 12.8. The van der Waals surface area contributed by atoms with Crippen molar-refractivity contribution in [2.24, 2.45) is 0 Å². The molecule has 1 aromatic heterocycles. The first kappa shape index (κ1) is 12.2. The number of carbonyl (C=O) groups excluding carboxylic acids is 1. The van der Waals surface area contributed by atoms with Gasteiger partial charge in [0, 0.05) is 24.6 Å². The van der Waals surface area contributed by atoms with Gasteiger partial charge in [-0.25, -0.2) is 9.97 Å². The number of aromatic nitrogens is 2. The number of nitrogens with one attached hydrogen (secondary N) is 2. The van der Waals surface area contributed by atoms with E-state index in [9.17, 15) is 4.79 Å². The first-order chi connectivity index (χ1) is 8.79. The number of carbonyl (C=O) groups is 1. The van der Waals surface area contributed by atoms with Crippen molar-refractivity contribution in [1.82, 2.24) is 15.3 Å². The van der Waals surface area contributed by atoms with Crippen molar-refractivity contribution < 1.29 is 4.79 Å². The molecule has 0 bridgehead atoms. The second-order valence-corrected chi connectivity index (χ2v) is 3.81. The Morgan fingerprint density at radius 3 is 2.44 bits per heavy atom. The number of nitrogens with zero attached hydrogens (tertiary/aromatic N) is 2. The maximum absolute atomic E-state index is 11.8. The van der Waals surface area contributed by atoms with Crippen LogP contribution in [0.15, 0.2) is 43.0 Å². The maximum atomic E-state index is 11.8. The van der Waals surface area contributed by atoms with Crippen LogP contribution in [0.4, 0.5) is 5.69 Å². The Kier molecular flexibility index (Phi) is 3.98. The number of amides is 1. The Morgan fingerprint density at radius 1 is 1.17 bits per heavy atom. The fourth-order valence-electron chi connectivity index (χ4n) is 1.53. The summed E-state index contributed by atoms with van der Waals surface area (Å²) in [5.74, 6) is -0.211. The summed E-state index contributed by atoms with van der Waals surface area (Å²) in [7, 11) is 1.89.